The Bertz CT molecular complexity index is 558. The van der Waals surface area contributed by atoms with E-state index in [4.69, 9.17) is 4.74 Å². The molecule has 0 spiro atoms. The minimum Gasteiger partial charge on any atom is -0.381 e. The molecule has 0 bridgehead atoms. The number of carbonyl (C=O) groups is 1. The van der Waals surface area contributed by atoms with E-state index < -0.39 is 5.54 Å². The molecule has 3 rings (SSSR count). The highest BCUT2D eigenvalue weighted by Crippen LogP contribution is 2.33. The lowest BCUT2D eigenvalue weighted by molar-refractivity contribution is -0.124. The Morgan fingerprint density at radius 2 is 2.00 bits per heavy atom. The van der Waals surface area contributed by atoms with E-state index in [-0.39, 0.29) is 24.1 Å². The molecule has 25 heavy (non-hydrogen) atoms. The van der Waals surface area contributed by atoms with Gasteiger partial charge in [0.05, 0.1) is 5.54 Å². The highest BCUT2D eigenvalue weighted by atomic mass is 35.5. The Balaban J connectivity index is 0.00000225. The van der Waals surface area contributed by atoms with E-state index in [0.29, 0.717) is 38.4 Å². The fraction of sp³-hybridized carbons (Fsp3) is 0.632. The van der Waals surface area contributed by atoms with Crippen LogP contribution in [0, 0.1) is 11.7 Å². The standard InChI is InChI=1S/C19H27FN2O2.ClH/c20-17-3-1-2-16(14-17)19(8-12-24-13-9-19)22-18(23)5-4-15-6-10-21-11-7-15;/h1-3,14-15,21H,4-13H2,(H,22,23);1H. The first-order valence-electron chi connectivity index (χ1n) is 9.03. The zero-order valence-electron chi connectivity index (χ0n) is 14.6. The first kappa shape index (κ1) is 20.1. The molecule has 2 heterocycles. The summed E-state index contributed by atoms with van der Waals surface area (Å²) in [6.07, 6.45) is 5.16. The lowest BCUT2D eigenvalue weighted by Gasteiger charge is -2.38. The summed E-state index contributed by atoms with van der Waals surface area (Å²) in [7, 11) is 0. The van der Waals surface area contributed by atoms with Crippen molar-refractivity contribution in [3.05, 3.63) is 35.6 Å². The minimum absolute atomic E-state index is 0. The van der Waals surface area contributed by atoms with Crippen molar-refractivity contribution in [2.24, 2.45) is 5.92 Å². The quantitative estimate of drug-likeness (QED) is 0.837. The van der Waals surface area contributed by atoms with E-state index in [9.17, 15) is 9.18 Å². The van der Waals surface area contributed by atoms with Gasteiger partial charge in [-0.1, -0.05) is 12.1 Å². The summed E-state index contributed by atoms with van der Waals surface area (Å²) in [5, 5.41) is 6.57. The second-order valence-corrected chi connectivity index (χ2v) is 6.99. The van der Waals surface area contributed by atoms with E-state index in [0.717, 1.165) is 37.9 Å². The first-order chi connectivity index (χ1) is 11.7. The van der Waals surface area contributed by atoms with Crippen molar-refractivity contribution in [3.8, 4) is 0 Å². The molecule has 0 saturated carbocycles. The van der Waals surface area contributed by atoms with Gasteiger partial charge in [-0.05, 0) is 68.8 Å². The maximum Gasteiger partial charge on any atom is 0.220 e. The average molecular weight is 371 g/mol. The summed E-state index contributed by atoms with van der Waals surface area (Å²) in [6.45, 7) is 3.28. The zero-order chi connectivity index (χ0) is 16.8. The molecular formula is C19H28ClFN2O2. The van der Waals surface area contributed by atoms with Crippen LogP contribution in [0.1, 0.15) is 44.1 Å². The molecule has 0 unspecified atom stereocenters. The molecule has 0 radical (unpaired) electrons. The van der Waals surface area contributed by atoms with Crippen molar-refractivity contribution < 1.29 is 13.9 Å². The van der Waals surface area contributed by atoms with Crippen LogP contribution in [0.2, 0.25) is 0 Å². The Kier molecular flexibility index (Phi) is 7.66. The lowest BCUT2D eigenvalue weighted by Crippen LogP contribution is -2.49. The molecule has 6 heteroatoms. The Morgan fingerprint density at radius 3 is 2.68 bits per heavy atom. The maximum absolute atomic E-state index is 13.7. The van der Waals surface area contributed by atoms with Crippen LogP contribution in [0.25, 0.3) is 0 Å². The molecule has 2 aliphatic rings. The van der Waals surface area contributed by atoms with Gasteiger partial charge in [0.15, 0.2) is 0 Å². The van der Waals surface area contributed by atoms with Crippen molar-refractivity contribution in [2.45, 2.75) is 44.1 Å². The van der Waals surface area contributed by atoms with E-state index in [1.165, 1.54) is 6.07 Å². The number of carbonyl (C=O) groups excluding carboxylic acids is 1. The molecule has 1 aromatic carbocycles. The molecule has 0 aromatic heterocycles. The molecule has 2 aliphatic heterocycles. The molecule has 4 nitrogen and oxygen atoms in total. The van der Waals surface area contributed by atoms with Gasteiger partial charge in [0.2, 0.25) is 5.91 Å². The fourth-order valence-corrected chi connectivity index (χ4v) is 3.83. The molecule has 2 fully saturated rings. The van der Waals surface area contributed by atoms with Crippen LogP contribution >= 0.6 is 12.4 Å². The summed E-state index contributed by atoms with van der Waals surface area (Å²) >= 11 is 0. The number of piperidine rings is 1. The zero-order valence-corrected chi connectivity index (χ0v) is 15.4. The van der Waals surface area contributed by atoms with Gasteiger partial charge in [-0.2, -0.15) is 0 Å². The van der Waals surface area contributed by atoms with Gasteiger partial charge in [0.1, 0.15) is 5.82 Å². The van der Waals surface area contributed by atoms with Crippen LogP contribution in [0.15, 0.2) is 24.3 Å². The third kappa shape index (κ3) is 5.40. The van der Waals surface area contributed by atoms with Crippen LogP contribution in [-0.2, 0) is 15.1 Å². The number of amides is 1. The highest BCUT2D eigenvalue weighted by Gasteiger charge is 2.36. The van der Waals surface area contributed by atoms with Crippen LogP contribution in [0.5, 0.6) is 0 Å². The van der Waals surface area contributed by atoms with Gasteiger partial charge in [-0.25, -0.2) is 4.39 Å². The number of ether oxygens (including phenoxy) is 1. The van der Waals surface area contributed by atoms with E-state index in [1.54, 1.807) is 12.1 Å². The third-order valence-electron chi connectivity index (χ3n) is 5.34. The van der Waals surface area contributed by atoms with E-state index in [1.807, 2.05) is 6.07 Å². The smallest absolute Gasteiger partial charge is 0.220 e. The van der Waals surface area contributed by atoms with E-state index in [2.05, 4.69) is 10.6 Å². The summed E-state index contributed by atoms with van der Waals surface area (Å²) in [5.74, 6) is 0.443. The van der Waals surface area contributed by atoms with Crippen LogP contribution in [-0.4, -0.2) is 32.2 Å². The van der Waals surface area contributed by atoms with Crippen LogP contribution < -0.4 is 10.6 Å². The van der Waals surface area contributed by atoms with Crippen molar-refractivity contribution in [2.75, 3.05) is 26.3 Å². The lowest BCUT2D eigenvalue weighted by atomic mass is 9.82. The van der Waals surface area contributed by atoms with Crippen molar-refractivity contribution in [1.29, 1.82) is 0 Å². The average Bonchev–Trinajstić information content (AvgIpc) is 2.62. The van der Waals surface area contributed by atoms with Gasteiger partial charge in [-0.3, -0.25) is 4.79 Å². The summed E-state index contributed by atoms with van der Waals surface area (Å²) < 4.78 is 19.1. The minimum atomic E-state index is -0.494. The summed E-state index contributed by atoms with van der Waals surface area (Å²) in [5.41, 5.74) is 0.354. The summed E-state index contributed by atoms with van der Waals surface area (Å²) in [4.78, 5) is 12.6. The van der Waals surface area contributed by atoms with Gasteiger partial charge >= 0.3 is 0 Å². The topological polar surface area (TPSA) is 50.4 Å². The molecule has 2 saturated heterocycles. The second-order valence-electron chi connectivity index (χ2n) is 6.99. The number of rotatable bonds is 5. The molecule has 0 aliphatic carbocycles. The molecule has 1 aromatic rings. The van der Waals surface area contributed by atoms with Crippen molar-refractivity contribution in [1.82, 2.24) is 10.6 Å². The van der Waals surface area contributed by atoms with E-state index >= 15 is 0 Å². The highest BCUT2D eigenvalue weighted by molar-refractivity contribution is 5.85. The Labute approximate surface area is 155 Å². The largest absolute Gasteiger partial charge is 0.381 e. The number of benzene rings is 1. The molecule has 140 valence electrons. The van der Waals surface area contributed by atoms with Crippen LogP contribution in [0.3, 0.4) is 0 Å². The predicted molar refractivity (Wildman–Crippen MR) is 98.3 cm³/mol. The van der Waals surface area contributed by atoms with Gasteiger partial charge in [-0.15, -0.1) is 12.4 Å². The number of hydrogen-bond acceptors (Lipinski definition) is 3. The van der Waals surface area contributed by atoms with Crippen LogP contribution in [0.4, 0.5) is 4.39 Å². The number of hydrogen-bond donors (Lipinski definition) is 2. The number of nitrogens with one attached hydrogen (secondary N) is 2. The first-order valence-corrected chi connectivity index (χ1v) is 9.03. The van der Waals surface area contributed by atoms with Gasteiger partial charge < -0.3 is 15.4 Å². The normalized spacial score (nSPS) is 20.5. The van der Waals surface area contributed by atoms with Gasteiger partial charge in [0, 0.05) is 19.6 Å². The molecular weight excluding hydrogens is 343 g/mol. The third-order valence-corrected chi connectivity index (χ3v) is 5.34. The Morgan fingerprint density at radius 1 is 1.28 bits per heavy atom. The molecule has 2 N–H and O–H groups in total. The summed E-state index contributed by atoms with van der Waals surface area (Å²) in [6, 6.07) is 6.60. The Hall–Kier alpha value is -1.17. The molecule has 0 atom stereocenters. The predicted octanol–water partition coefficient (Wildman–Crippen LogP) is 3.15. The second kappa shape index (κ2) is 9.51. The fourth-order valence-electron chi connectivity index (χ4n) is 3.83. The number of halogens is 2. The maximum atomic E-state index is 13.7. The SMILES string of the molecule is Cl.O=C(CCC1CCNCC1)NC1(c2cccc(F)c2)CCOCC1. The van der Waals surface area contributed by atoms with Crippen molar-refractivity contribution >= 4 is 18.3 Å². The van der Waals surface area contributed by atoms with Gasteiger partial charge in [0.25, 0.3) is 0 Å². The van der Waals surface area contributed by atoms with Crippen molar-refractivity contribution in [3.63, 3.8) is 0 Å². The monoisotopic (exact) mass is 370 g/mol. The molecule has 1 amide bonds.